The number of nitrogens with zero attached hydrogens (tertiary/aromatic N) is 3. The number of ether oxygens (including phenoxy) is 2. The first kappa shape index (κ1) is 19.8. The predicted molar refractivity (Wildman–Crippen MR) is 122 cm³/mol. The summed E-state index contributed by atoms with van der Waals surface area (Å²) < 4.78 is 11.0. The van der Waals surface area contributed by atoms with Crippen molar-refractivity contribution in [2.45, 2.75) is 0 Å². The molecule has 0 atom stereocenters. The van der Waals surface area contributed by atoms with Gasteiger partial charge in [-0.2, -0.15) is 0 Å². The Morgan fingerprint density at radius 1 is 0.839 bits per heavy atom. The first-order valence-electron chi connectivity index (χ1n) is 10.7. The standard InChI is InChI=1S/C24H26N4O3/c29-24(22-7-5-18-3-1-2-4-20(18)25-22)26-21-8-6-19(27-9-13-30-14-10-27)17-23(21)28-11-15-31-16-12-28/h1-8,17H,9-16H2,(H,26,29). The molecule has 0 unspecified atom stereocenters. The number of hydrogen-bond donors (Lipinski definition) is 1. The van der Waals surface area contributed by atoms with E-state index in [-0.39, 0.29) is 5.91 Å². The highest BCUT2D eigenvalue weighted by molar-refractivity contribution is 6.06. The molecule has 7 nitrogen and oxygen atoms in total. The van der Waals surface area contributed by atoms with E-state index in [1.54, 1.807) is 6.07 Å². The van der Waals surface area contributed by atoms with Crippen LogP contribution in [0.25, 0.3) is 10.9 Å². The summed E-state index contributed by atoms with van der Waals surface area (Å²) in [4.78, 5) is 22.2. The van der Waals surface area contributed by atoms with Gasteiger partial charge in [-0.1, -0.05) is 24.3 Å². The highest BCUT2D eigenvalue weighted by Gasteiger charge is 2.20. The molecule has 2 fully saturated rings. The number of pyridine rings is 1. The number of fused-ring (bicyclic) bond motifs is 1. The number of anilines is 3. The van der Waals surface area contributed by atoms with Gasteiger partial charge in [0.1, 0.15) is 5.69 Å². The maximum Gasteiger partial charge on any atom is 0.274 e. The quantitative estimate of drug-likeness (QED) is 0.702. The van der Waals surface area contributed by atoms with E-state index >= 15 is 0 Å². The molecule has 3 aromatic rings. The minimum atomic E-state index is -0.209. The third-order valence-corrected chi connectivity index (χ3v) is 5.79. The number of amides is 1. The Morgan fingerprint density at radius 3 is 2.32 bits per heavy atom. The highest BCUT2D eigenvalue weighted by atomic mass is 16.5. The van der Waals surface area contributed by atoms with Crippen molar-refractivity contribution < 1.29 is 14.3 Å². The van der Waals surface area contributed by atoms with E-state index in [1.165, 1.54) is 0 Å². The molecule has 3 heterocycles. The zero-order chi connectivity index (χ0) is 21.0. The average Bonchev–Trinajstić information content (AvgIpc) is 2.85. The maximum atomic E-state index is 13.0. The average molecular weight is 418 g/mol. The first-order valence-corrected chi connectivity index (χ1v) is 10.7. The lowest BCUT2D eigenvalue weighted by Crippen LogP contribution is -2.38. The molecular formula is C24H26N4O3. The van der Waals surface area contributed by atoms with Crippen molar-refractivity contribution in [2.75, 3.05) is 67.7 Å². The topological polar surface area (TPSA) is 66.9 Å². The number of aromatic nitrogens is 1. The van der Waals surface area contributed by atoms with Crippen LogP contribution < -0.4 is 15.1 Å². The minimum Gasteiger partial charge on any atom is -0.378 e. The summed E-state index contributed by atoms with van der Waals surface area (Å²) in [6.07, 6.45) is 0. The number of para-hydroxylation sites is 1. The number of rotatable bonds is 4. The lowest BCUT2D eigenvalue weighted by Gasteiger charge is -2.33. The van der Waals surface area contributed by atoms with Gasteiger partial charge in [-0.15, -0.1) is 0 Å². The van der Waals surface area contributed by atoms with Crippen LogP contribution in [0, 0.1) is 0 Å². The van der Waals surface area contributed by atoms with Gasteiger partial charge in [0.2, 0.25) is 0 Å². The molecule has 0 bridgehead atoms. The lowest BCUT2D eigenvalue weighted by atomic mass is 10.1. The molecule has 0 saturated carbocycles. The number of benzene rings is 2. The van der Waals surface area contributed by atoms with E-state index in [0.29, 0.717) is 18.9 Å². The largest absolute Gasteiger partial charge is 0.378 e. The second kappa shape index (κ2) is 8.91. The Bertz CT molecular complexity index is 1080. The summed E-state index contributed by atoms with van der Waals surface area (Å²) in [6.45, 7) is 6.17. The molecule has 2 aromatic carbocycles. The summed E-state index contributed by atoms with van der Waals surface area (Å²) in [5.41, 5.74) is 4.17. The van der Waals surface area contributed by atoms with Gasteiger partial charge in [-0.25, -0.2) is 4.98 Å². The molecular weight excluding hydrogens is 392 g/mol. The fraction of sp³-hybridized carbons (Fsp3) is 0.333. The summed E-state index contributed by atoms with van der Waals surface area (Å²) in [7, 11) is 0. The van der Waals surface area contributed by atoms with Crippen LogP contribution in [0.1, 0.15) is 10.5 Å². The molecule has 5 rings (SSSR count). The fourth-order valence-electron chi connectivity index (χ4n) is 4.09. The Morgan fingerprint density at radius 2 is 1.55 bits per heavy atom. The van der Waals surface area contributed by atoms with Crippen LogP contribution in [0.2, 0.25) is 0 Å². The monoisotopic (exact) mass is 418 g/mol. The molecule has 7 heteroatoms. The number of carbonyl (C=O) groups is 1. The number of morpholine rings is 2. The predicted octanol–water partition coefficient (Wildman–Crippen LogP) is 3.16. The molecule has 1 amide bonds. The number of nitrogens with one attached hydrogen (secondary N) is 1. The van der Waals surface area contributed by atoms with Crippen molar-refractivity contribution in [2.24, 2.45) is 0 Å². The van der Waals surface area contributed by atoms with Crippen LogP contribution in [0.3, 0.4) is 0 Å². The fourth-order valence-corrected chi connectivity index (χ4v) is 4.09. The zero-order valence-electron chi connectivity index (χ0n) is 17.4. The highest BCUT2D eigenvalue weighted by Crippen LogP contribution is 2.32. The maximum absolute atomic E-state index is 13.0. The molecule has 1 N–H and O–H groups in total. The Kier molecular flexibility index (Phi) is 5.69. The van der Waals surface area contributed by atoms with Crippen LogP contribution in [0.5, 0.6) is 0 Å². The van der Waals surface area contributed by atoms with Gasteiger partial charge in [0.25, 0.3) is 5.91 Å². The van der Waals surface area contributed by atoms with Gasteiger partial charge in [-0.3, -0.25) is 4.79 Å². The molecule has 31 heavy (non-hydrogen) atoms. The molecule has 2 saturated heterocycles. The molecule has 0 aliphatic carbocycles. The van der Waals surface area contributed by atoms with Crippen molar-refractivity contribution in [1.82, 2.24) is 4.98 Å². The summed E-state index contributed by atoms with van der Waals surface area (Å²) in [5, 5.41) is 4.11. The third kappa shape index (κ3) is 4.33. The minimum absolute atomic E-state index is 0.209. The smallest absolute Gasteiger partial charge is 0.274 e. The van der Waals surface area contributed by atoms with E-state index in [9.17, 15) is 4.79 Å². The summed E-state index contributed by atoms with van der Waals surface area (Å²) in [6, 6.07) is 17.7. The van der Waals surface area contributed by atoms with Crippen molar-refractivity contribution in [3.8, 4) is 0 Å². The van der Waals surface area contributed by atoms with Crippen molar-refractivity contribution in [3.05, 3.63) is 60.3 Å². The summed E-state index contributed by atoms with van der Waals surface area (Å²) >= 11 is 0. The summed E-state index contributed by atoms with van der Waals surface area (Å²) in [5.74, 6) is -0.209. The van der Waals surface area contributed by atoms with E-state index in [0.717, 1.165) is 67.4 Å². The second-order valence-electron chi connectivity index (χ2n) is 7.74. The van der Waals surface area contributed by atoms with Gasteiger partial charge in [-0.05, 0) is 30.3 Å². The normalized spacial score (nSPS) is 17.0. The van der Waals surface area contributed by atoms with Crippen LogP contribution >= 0.6 is 0 Å². The molecule has 0 radical (unpaired) electrons. The molecule has 2 aliphatic rings. The zero-order valence-corrected chi connectivity index (χ0v) is 17.4. The van der Waals surface area contributed by atoms with Crippen LogP contribution in [0.15, 0.2) is 54.6 Å². The van der Waals surface area contributed by atoms with Crippen LogP contribution in [-0.2, 0) is 9.47 Å². The molecule has 0 spiro atoms. The van der Waals surface area contributed by atoms with Gasteiger partial charge in [0, 0.05) is 37.3 Å². The number of carbonyl (C=O) groups excluding carboxylic acids is 1. The van der Waals surface area contributed by atoms with Crippen molar-refractivity contribution >= 4 is 33.9 Å². The Labute approximate surface area is 181 Å². The Balaban J connectivity index is 1.44. The van der Waals surface area contributed by atoms with Gasteiger partial charge in [0.15, 0.2) is 0 Å². The van der Waals surface area contributed by atoms with Gasteiger partial charge >= 0.3 is 0 Å². The molecule has 1 aromatic heterocycles. The van der Waals surface area contributed by atoms with Crippen LogP contribution in [-0.4, -0.2) is 63.5 Å². The van der Waals surface area contributed by atoms with E-state index in [4.69, 9.17) is 9.47 Å². The number of hydrogen-bond acceptors (Lipinski definition) is 6. The lowest BCUT2D eigenvalue weighted by molar-refractivity contribution is 0.102. The van der Waals surface area contributed by atoms with E-state index in [2.05, 4.69) is 32.2 Å². The van der Waals surface area contributed by atoms with E-state index < -0.39 is 0 Å². The second-order valence-corrected chi connectivity index (χ2v) is 7.74. The molecule has 2 aliphatic heterocycles. The van der Waals surface area contributed by atoms with Crippen molar-refractivity contribution in [3.63, 3.8) is 0 Å². The van der Waals surface area contributed by atoms with Crippen LogP contribution in [0.4, 0.5) is 17.1 Å². The third-order valence-electron chi connectivity index (χ3n) is 5.79. The first-order chi connectivity index (χ1) is 15.3. The van der Waals surface area contributed by atoms with Gasteiger partial charge < -0.3 is 24.6 Å². The Hall–Kier alpha value is -3.16. The SMILES string of the molecule is O=C(Nc1ccc(N2CCOCC2)cc1N1CCOCC1)c1ccc2ccccc2n1. The van der Waals surface area contributed by atoms with Crippen molar-refractivity contribution in [1.29, 1.82) is 0 Å². The molecule has 160 valence electrons. The van der Waals surface area contributed by atoms with Gasteiger partial charge in [0.05, 0.1) is 43.3 Å². The van der Waals surface area contributed by atoms with E-state index in [1.807, 2.05) is 36.4 Å².